The minimum absolute atomic E-state index is 0.350. The lowest BCUT2D eigenvalue weighted by molar-refractivity contribution is -0.429. The van der Waals surface area contributed by atoms with Crippen molar-refractivity contribution in [2.24, 2.45) is 0 Å². The maximum Gasteiger partial charge on any atom is 0.490 e. The Bertz CT molecular complexity index is 383. The molecule has 0 aromatic carbocycles. The van der Waals surface area contributed by atoms with Crippen LogP contribution in [0.2, 0.25) is 0 Å². The van der Waals surface area contributed by atoms with Crippen molar-refractivity contribution in [2.45, 2.75) is 19.9 Å². The summed E-state index contributed by atoms with van der Waals surface area (Å²) in [5.41, 5.74) is 0. The topological polar surface area (TPSA) is 117 Å². The van der Waals surface area contributed by atoms with Crippen molar-refractivity contribution in [3.63, 3.8) is 0 Å². The first kappa shape index (κ1) is 10.0. The monoisotopic (exact) mass is 201 g/mol. The molecule has 0 aliphatic heterocycles. The molecule has 0 N–H and O–H groups in total. The van der Waals surface area contributed by atoms with Gasteiger partial charge in [-0.05, 0) is 23.7 Å². The molecule has 0 saturated heterocycles. The summed E-state index contributed by atoms with van der Waals surface area (Å²) in [4.78, 5) is 19.1. The highest BCUT2D eigenvalue weighted by molar-refractivity contribution is 5.38. The molecule has 1 aromatic heterocycles. The van der Waals surface area contributed by atoms with Crippen LogP contribution in [0.5, 0.6) is 0 Å². The van der Waals surface area contributed by atoms with E-state index in [0.717, 1.165) is 4.68 Å². The van der Waals surface area contributed by atoms with Crippen molar-refractivity contribution in [2.75, 3.05) is 0 Å². The Balaban J connectivity index is 3.35. The van der Waals surface area contributed by atoms with Gasteiger partial charge in [0.2, 0.25) is 0 Å². The average molecular weight is 201 g/mol. The van der Waals surface area contributed by atoms with E-state index in [9.17, 15) is 20.2 Å². The van der Waals surface area contributed by atoms with E-state index in [0.29, 0.717) is 0 Å². The molecule has 0 aliphatic carbocycles. The van der Waals surface area contributed by atoms with E-state index in [1.165, 1.54) is 0 Å². The van der Waals surface area contributed by atoms with Crippen molar-refractivity contribution >= 4 is 11.6 Å². The first-order valence-corrected chi connectivity index (χ1v) is 3.69. The maximum absolute atomic E-state index is 10.5. The van der Waals surface area contributed by atoms with Crippen LogP contribution in [0.15, 0.2) is 0 Å². The van der Waals surface area contributed by atoms with Crippen molar-refractivity contribution in [3.8, 4) is 0 Å². The molecule has 14 heavy (non-hydrogen) atoms. The van der Waals surface area contributed by atoms with Crippen LogP contribution in [0, 0.1) is 20.2 Å². The van der Waals surface area contributed by atoms with Crippen LogP contribution in [-0.4, -0.2) is 24.8 Å². The van der Waals surface area contributed by atoms with Crippen LogP contribution < -0.4 is 0 Å². The average Bonchev–Trinajstić information content (AvgIpc) is 2.46. The SMILES string of the molecule is CC(C)n1nnc([N+](=O)[O-])c1[N+](=O)[O-]. The molecular weight excluding hydrogens is 194 g/mol. The summed E-state index contributed by atoms with van der Waals surface area (Å²) >= 11 is 0. The third-order valence-electron chi connectivity index (χ3n) is 1.49. The summed E-state index contributed by atoms with van der Waals surface area (Å²) in [5.74, 6) is -1.52. The molecule has 0 atom stereocenters. The smallest absolute Gasteiger partial charge is 0.358 e. The minimum Gasteiger partial charge on any atom is -0.358 e. The summed E-state index contributed by atoms with van der Waals surface area (Å²) in [7, 11) is 0. The normalized spacial score (nSPS) is 10.5. The van der Waals surface area contributed by atoms with Crippen LogP contribution in [0.3, 0.4) is 0 Å². The molecule has 0 amide bonds. The summed E-state index contributed by atoms with van der Waals surface area (Å²) in [6.07, 6.45) is 0. The highest BCUT2D eigenvalue weighted by atomic mass is 16.6. The van der Waals surface area contributed by atoms with Gasteiger partial charge in [0.15, 0.2) is 0 Å². The molecule has 0 spiro atoms. The molecule has 0 unspecified atom stereocenters. The standard InChI is InChI=1S/C5H7N5O4/c1-3(2)8-5(10(13)14)4(6-7-8)9(11)12/h3H,1-2H3. The van der Waals surface area contributed by atoms with E-state index in [4.69, 9.17) is 0 Å². The Labute approximate surface area is 77.6 Å². The Hall–Kier alpha value is -2.06. The van der Waals surface area contributed by atoms with Gasteiger partial charge in [-0.15, -0.1) is 0 Å². The number of hydrogen-bond donors (Lipinski definition) is 0. The summed E-state index contributed by atoms with van der Waals surface area (Å²) in [6.45, 7) is 3.23. The van der Waals surface area contributed by atoms with E-state index in [1.807, 2.05) is 0 Å². The lowest BCUT2D eigenvalue weighted by atomic mass is 10.4. The summed E-state index contributed by atoms with van der Waals surface area (Å²) < 4.78 is 0.901. The van der Waals surface area contributed by atoms with Crippen molar-refractivity contribution in [1.29, 1.82) is 0 Å². The molecule has 9 heteroatoms. The molecule has 9 nitrogen and oxygen atoms in total. The molecule has 0 aliphatic rings. The number of hydrogen-bond acceptors (Lipinski definition) is 6. The van der Waals surface area contributed by atoms with Gasteiger partial charge < -0.3 is 20.2 Å². The Kier molecular flexibility index (Phi) is 2.40. The largest absolute Gasteiger partial charge is 0.490 e. The van der Waals surface area contributed by atoms with Gasteiger partial charge in [0.05, 0.1) is 0 Å². The van der Waals surface area contributed by atoms with E-state index >= 15 is 0 Å². The fourth-order valence-electron chi connectivity index (χ4n) is 0.911. The van der Waals surface area contributed by atoms with E-state index in [2.05, 4.69) is 10.3 Å². The second-order valence-corrected chi connectivity index (χ2v) is 2.79. The third-order valence-corrected chi connectivity index (χ3v) is 1.49. The van der Waals surface area contributed by atoms with Gasteiger partial charge in [-0.2, -0.15) is 0 Å². The molecule has 76 valence electrons. The second kappa shape index (κ2) is 3.36. The molecular formula is C5H7N5O4. The predicted molar refractivity (Wildman–Crippen MR) is 43.7 cm³/mol. The Morgan fingerprint density at radius 1 is 1.29 bits per heavy atom. The zero-order chi connectivity index (χ0) is 10.9. The molecule has 0 fully saturated rings. The molecule has 1 heterocycles. The number of nitro groups is 2. The second-order valence-electron chi connectivity index (χ2n) is 2.79. The van der Waals surface area contributed by atoms with Crippen molar-refractivity contribution in [1.82, 2.24) is 15.0 Å². The summed E-state index contributed by atoms with van der Waals surface area (Å²) in [6, 6.07) is -0.350. The van der Waals surface area contributed by atoms with Gasteiger partial charge in [-0.3, -0.25) is 0 Å². The third kappa shape index (κ3) is 1.51. The van der Waals surface area contributed by atoms with Crippen LogP contribution in [0.25, 0.3) is 0 Å². The minimum atomic E-state index is -0.927. The van der Waals surface area contributed by atoms with Gasteiger partial charge in [0.1, 0.15) is 16.4 Å². The van der Waals surface area contributed by atoms with E-state index in [-0.39, 0.29) is 6.04 Å². The fourth-order valence-corrected chi connectivity index (χ4v) is 0.911. The lowest BCUT2D eigenvalue weighted by Gasteiger charge is -1.98. The van der Waals surface area contributed by atoms with E-state index in [1.54, 1.807) is 13.8 Å². The van der Waals surface area contributed by atoms with Crippen molar-refractivity contribution in [3.05, 3.63) is 20.2 Å². The molecule has 1 aromatic rings. The fraction of sp³-hybridized carbons (Fsp3) is 0.600. The van der Waals surface area contributed by atoms with Gasteiger partial charge in [-0.1, -0.05) is 4.68 Å². The molecule has 0 bridgehead atoms. The summed E-state index contributed by atoms with van der Waals surface area (Å²) in [5, 5.41) is 27.3. The predicted octanol–water partition coefficient (Wildman–Crippen LogP) is 0.675. The molecule has 0 radical (unpaired) electrons. The number of rotatable bonds is 3. The highest BCUT2D eigenvalue weighted by Crippen LogP contribution is 2.25. The van der Waals surface area contributed by atoms with Gasteiger partial charge in [0.25, 0.3) is 0 Å². The van der Waals surface area contributed by atoms with Gasteiger partial charge >= 0.3 is 11.6 Å². The first-order chi connectivity index (χ1) is 6.45. The van der Waals surface area contributed by atoms with Crippen molar-refractivity contribution < 1.29 is 9.85 Å². The number of aromatic nitrogens is 3. The van der Waals surface area contributed by atoms with Crippen LogP contribution in [-0.2, 0) is 0 Å². The van der Waals surface area contributed by atoms with E-state index < -0.39 is 21.5 Å². The lowest BCUT2D eigenvalue weighted by Crippen LogP contribution is -2.07. The zero-order valence-corrected chi connectivity index (χ0v) is 7.45. The Morgan fingerprint density at radius 3 is 2.21 bits per heavy atom. The van der Waals surface area contributed by atoms with Crippen LogP contribution in [0.1, 0.15) is 19.9 Å². The first-order valence-electron chi connectivity index (χ1n) is 3.69. The quantitative estimate of drug-likeness (QED) is 0.524. The van der Waals surface area contributed by atoms with Gasteiger partial charge in [-0.25, -0.2) is 0 Å². The van der Waals surface area contributed by atoms with Gasteiger partial charge in [0, 0.05) is 0 Å². The Morgan fingerprint density at radius 2 is 1.86 bits per heavy atom. The highest BCUT2D eigenvalue weighted by Gasteiger charge is 2.35. The molecule has 0 saturated carbocycles. The van der Waals surface area contributed by atoms with Crippen LogP contribution in [0.4, 0.5) is 11.6 Å². The molecule has 1 rings (SSSR count). The van der Waals surface area contributed by atoms with Crippen LogP contribution >= 0.6 is 0 Å². The zero-order valence-electron chi connectivity index (χ0n) is 7.45. The number of nitrogens with zero attached hydrogens (tertiary/aromatic N) is 5. The maximum atomic E-state index is 10.5.